The van der Waals surface area contributed by atoms with Crippen molar-refractivity contribution in [3.8, 4) is 5.75 Å². The van der Waals surface area contributed by atoms with Gasteiger partial charge in [-0.05, 0) is 36.4 Å². The number of alkyl halides is 3. The Morgan fingerprint density at radius 1 is 1.03 bits per heavy atom. The molecule has 0 fully saturated rings. The highest BCUT2D eigenvalue weighted by Crippen LogP contribution is 2.39. The summed E-state index contributed by atoms with van der Waals surface area (Å²) in [6.45, 7) is 0. The highest BCUT2D eigenvalue weighted by atomic mass is 35.5. The molecule has 0 unspecified atom stereocenters. The van der Waals surface area contributed by atoms with E-state index in [9.17, 15) is 23.3 Å². The molecule has 0 amide bonds. The van der Waals surface area contributed by atoms with Gasteiger partial charge >= 0.3 is 11.9 Å². The van der Waals surface area contributed by atoms with Crippen LogP contribution < -0.4 is 15.4 Å². The van der Waals surface area contributed by atoms with Gasteiger partial charge in [0.1, 0.15) is 12.1 Å². The second-order valence-corrected chi connectivity index (χ2v) is 6.81. The van der Waals surface area contributed by atoms with Crippen LogP contribution in [0, 0.1) is 10.1 Å². The van der Waals surface area contributed by atoms with Gasteiger partial charge in [0.2, 0.25) is 11.6 Å². The molecule has 0 spiro atoms. The minimum Gasteiger partial charge on any atom is -0.495 e. The van der Waals surface area contributed by atoms with Crippen LogP contribution in [0.3, 0.4) is 0 Å². The summed E-state index contributed by atoms with van der Waals surface area (Å²) >= 11 is 11.9. The Balaban J connectivity index is 2.05. The zero-order valence-electron chi connectivity index (χ0n) is 15.5. The lowest BCUT2D eigenvalue weighted by atomic mass is 10.2. The molecule has 0 aliphatic rings. The van der Waals surface area contributed by atoms with Crippen molar-refractivity contribution in [2.45, 2.75) is 6.18 Å². The van der Waals surface area contributed by atoms with E-state index in [1.54, 1.807) is 12.1 Å². The number of methoxy groups -OCH3 is 1. The molecule has 3 rings (SSSR count). The number of nitrogens with zero attached hydrogens (tertiary/aromatic N) is 3. The van der Waals surface area contributed by atoms with Gasteiger partial charge in [-0.1, -0.05) is 23.2 Å². The maximum atomic E-state index is 13.0. The predicted octanol–water partition coefficient (Wildman–Crippen LogP) is 6.21. The van der Waals surface area contributed by atoms with Crippen molar-refractivity contribution in [1.82, 2.24) is 9.97 Å². The van der Waals surface area contributed by atoms with Gasteiger partial charge in [-0.25, -0.2) is 9.97 Å². The normalized spacial score (nSPS) is 11.2. The van der Waals surface area contributed by atoms with Gasteiger partial charge in [-0.2, -0.15) is 13.2 Å². The molecule has 31 heavy (non-hydrogen) atoms. The standard InChI is InChI=1S/C18H12Cl2F3N5O3/c1-31-14-5-3-10(19)7-13(14)27-17-15(28(29)30)16(24-8-25-17)26-12-6-9(18(21,22)23)2-4-11(12)20/h2-8H,1H3,(H2,24,25,26,27). The molecular weight excluding hydrogens is 462 g/mol. The van der Waals surface area contributed by atoms with Crippen molar-refractivity contribution in [3.05, 3.63) is 68.4 Å². The maximum Gasteiger partial charge on any atom is 0.416 e. The summed E-state index contributed by atoms with van der Waals surface area (Å²) in [5.41, 5.74) is -1.56. The van der Waals surface area contributed by atoms with Crippen LogP contribution in [0.2, 0.25) is 10.0 Å². The molecule has 0 radical (unpaired) electrons. The van der Waals surface area contributed by atoms with E-state index in [0.29, 0.717) is 10.8 Å². The van der Waals surface area contributed by atoms with Gasteiger partial charge in [0.25, 0.3) is 0 Å². The molecule has 8 nitrogen and oxygen atoms in total. The Morgan fingerprint density at radius 3 is 2.26 bits per heavy atom. The summed E-state index contributed by atoms with van der Waals surface area (Å²) in [5.74, 6) is -0.288. The van der Waals surface area contributed by atoms with Gasteiger partial charge in [-0.3, -0.25) is 10.1 Å². The highest BCUT2D eigenvalue weighted by molar-refractivity contribution is 6.33. The highest BCUT2D eigenvalue weighted by Gasteiger charge is 2.31. The fraction of sp³-hybridized carbons (Fsp3) is 0.111. The number of rotatable bonds is 6. The predicted molar refractivity (Wildman–Crippen MR) is 110 cm³/mol. The third kappa shape index (κ3) is 5.06. The van der Waals surface area contributed by atoms with E-state index >= 15 is 0 Å². The largest absolute Gasteiger partial charge is 0.495 e. The van der Waals surface area contributed by atoms with Crippen molar-refractivity contribution < 1.29 is 22.8 Å². The smallest absolute Gasteiger partial charge is 0.416 e. The fourth-order valence-corrected chi connectivity index (χ4v) is 2.90. The van der Waals surface area contributed by atoms with E-state index in [2.05, 4.69) is 20.6 Å². The van der Waals surface area contributed by atoms with Crippen molar-refractivity contribution >= 4 is 51.9 Å². The third-order valence-electron chi connectivity index (χ3n) is 3.97. The molecule has 2 aromatic carbocycles. The first-order chi connectivity index (χ1) is 14.6. The van der Waals surface area contributed by atoms with E-state index in [4.69, 9.17) is 27.9 Å². The molecular formula is C18H12Cl2F3N5O3. The van der Waals surface area contributed by atoms with Crippen LogP contribution in [-0.4, -0.2) is 22.0 Å². The maximum absolute atomic E-state index is 13.0. The summed E-state index contributed by atoms with van der Waals surface area (Å²) < 4.78 is 44.2. The summed E-state index contributed by atoms with van der Waals surface area (Å²) in [4.78, 5) is 18.6. The molecule has 13 heteroatoms. The Morgan fingerprint density at radius 2 is 1.68 bits per heavy atom. The average Bonchev–Trinajstić information content (AvgIpc) is 2.69. The van der Waals surface area contributed by atoms with E-state index in [0.717, 1.165) is 24.5 Å². The molecule has 3 aromatic rings. The average molecular weight is 474 g/mol. The van der Waals surface area contributed by atoms with Crippen LogP contribution in [0.25, 0.3) is 0 Å². The lowest BCUT2D eigenvalue weighted by Gasteiger charge is -2.14. The fourth-order valence-electron chi connectivity index (χ4n) is 2.57. The molecule has 0 bridgehead atoms. The Bertz CT molecular complexity index is 1140. The Labute approximate surface area is 183 Å². The van der Waals surface area contributed by atoms with E-state index in [1.165, 1.54) is 13.2 Å². The molecule has 0 aliphatic carbocycles. The number of benzene rings is 2. The number of ether oxygens (including phenoxy) is 1. The van der Waals surface area contributed by atoms with Gasteiger partial charge < -0.3 is 15.4 Å². The molecule has 0 saturated heterocycles. The van der Waals surface area contributed by atoms with Gasteiger partial charge in [-0.15, -0.1) is 0 Å². The molecule has 0 atom stereocenters. The summed E-state index contributed by atoms with van der Waals surface area (Å²) in [6.07, 6.45) is -3.63. The number of nitrogens with one attached hydrogen (secondary N) is 2. The number of hydrogen-bond donors (Lipinski definition) is 2. The number of nitro groups is 1. The lowest BCUT2D eigenvalue weighted by molar-refractivity contribution is -0.383. The number of anilines is 4. The minimum absolute atomic E-state index is 0.0908. The van der Waals surface area contributed by atoms with Crippen molar-refractivity contribution in [3.63, 3.8) is 0 Å². The van der Waals surface area contributed by atoms with E-state index in [-0.39, 0.29) is 28.0 Å². The molecule has 0 saturated carbocycles. The lowest BCUT2D eigenvalue weighted by Crippen LogP contribution is -2.08. The third-order valence-corrected chi connectivity index (χ3v) is 4.53. The second kappa shape index (κ2) is 8.82. The monoisotopic (exact) mass is 473 g/mol. The Kier molecular flexibility index (Phi) is 6.37. The second-order valence-electron chi connectivity index (χ2n) is 5.96. The first-order valence-corrected chi connectivity index (χ1v) is 9.09. The van der Waals surface area contributed by atoms with Gasteiger partial charge in [0, 0.05) is 5.02 Å². The van der Waals surface area contributed by atoms with Crippen molar-refractivity contribution in [2.24, 2.45) is 0 Å². The molecule has 1 heterocycles. The summed E-state index contributed by atoms with van der Waals surface area (Å²) in [6, 6.07) is 7.10. The zero-order valence-corrected chi connectivity index (χ0v) is 17.0. The van der Waals surface area contributed by atoms with E-state index in [1.807, 2.05) is 0 Å². The zero-order chi connectivity index (χ0) is 22.8. The van der Waals surface area contributed by atoms with Crippen LogP contribution in [0.4, 0.5) is 41.9 Å². The SMILES string of the molecule is COc1ccc(Cl)cc1Nc1ncnc(Nc2cc(C(F)(F)F)ccc2Cl)c1[N+](=O)[O-]. The van der Waals surface area contributed by atoms with Crippen molar-refractivity contribution in [2.75, 3.05) is 17.7 Å². The number of halogens is 5. The summed E-state index contributed by atoms with van der Waals surface area (Å²) in [5, 5.41) is 17.2. The first kappa shape index (κ1) is 22.4. The quantitative estimate of drug-likeness (QED) is 0.324. The van der Waals surface area contributed by atoms with Gasteiger partial charge in [0.05, 0.1) is 34.0 Å². The van der Waals surface area contributed by atoms with Crippen molar-refractivity contribution in [1.29, 1.82) is 0 Å². The first-order valence-electron chi connectivity index (χ1n) is 8.34. The Hall–Kier alpha value is -3.31. The molecule has 2 N–H and O–H groups in total. The molecule has 162 valence electrons. The summed E-state index contributed by atoms with van der Waals surface area (Å²) in [7, 11) is 1.39. The molecule has 0 aliphatic heterocycles. The van der Waals surface area contributed by atoms with E-state index < -0.39 is 22.4 Å². The number of aromatic nitrogens is 2. The van der Waals surface area contributed by atoms with Crippen LogP contribution in [0.1, 0.15) is 5.56 Å². The minimum atomic E-state index is -4.63. The van der Waals surface area contributed by atoms with Crippen LogP contribution in [-0.2, 0) is 6.18 Å². The van der Waals surface area contributed by atoms with Crippen LogP contribution in [0.15, 0.2) is 42.7 Å². The van der Waals surface area contributed by atoms with Crippen LogP contribution >= 0.6 is 23.2 Å². The van der Waals surface area contributed by atoms with Gasteiger partial charge in [0.15, 0.2) is 0 Å². The van der Waals surface area contributed by atoms with Crippen LogP contribution in [0.5, 0.6) is 5.75 Å². The molecule has 1 aromatic heterocycles. The topological polar surface area (TPSA) is 102 Å². The number of hydrogen-bond acceptors (Lipinski definition) is 7.